The van der Waals surface area contributed by atoms with Crippen LogP contribution >= 0.6 is 0 Å². The quantitative estimate of drug-likeness (QED) is 0.581. The highest BCUT2D eigenvalue weighted by atomic mass is 16.6. The second-order valence-corrected chi connectivity index (χ2v) is 6.75. The Bertz CT molecular complexity index is 421. The molecule has 0 spiro atoms. The number of nitrogens with zero attached hydrogens (tertiary/aromatic N) is 1. The number of unbranched alkanes of at least 4 members (excludes halogenated alkanes) is 3. The van der Waals surface area contributed by atoms with E-state index in [0.29, 0.717) is 19.5 Å². The lowest BCUT2D eigenvalue weighted by atomic mass is 10.1. The number of hydrogen-bond donors (Lipinski definition) is 1. The van der Waals surface area contributed by atoms with Crippen LogP contribution in [-0.4, -0.2) is 42.1 Å². The summed E-state index contributed by atoms with van der Waals surface area (Å²) in [4.78, 5) is 25.0. The highest BCUT2D eigenvalue weighted by Crippen LogP contribution is 2.17. The summed E-state index contributed by atoms with van der Waals surface area (Å²) in [5.74, 6) is 2.92. The fraction of sp³-hybridized carbons (Fsp3) is 0.765. The minimum absolute atomic E-state index is 0.0885. The van der Waals surface area contributed by atoms with E-state index in [1.54, 1.807) is 0 Å². The van der Waals surface area contributed by atoms with Crippen molar-refractivity contribution in [1.82, 2.24) is 10.2 Å². The zero-order chi connectivity index (χ0) is 16.6. The van der Waals surface area contributed by atoms with Crippen LogP contribution in [0.4, 0.5) is 4.79 Å². The van der Waals surface area contributed by atoms with Crippen molar-refractivity contribution < 1.29 is 14.3 Å². The van der Waals surface area contributed by atoms with Gasteiger partial charge in [0.05, 0.1) is 0 Å². The molecule has 1 atom stereocenters. The molecule has 0 aromatic carbocycles. The zero-order valence-corrected chi connectivity index (χ0v) is 14.0. The molecule has 5 heteroatoms. The number of amides is 2. The molecule has 1 aliphatic heterocycles. The number of carbonyl (C=O) groups is 2. The van der Waals surface area contributed by atoms with E-state index in [-0.39, 0.29) is 17.9 Å². The molecule has 1 rings (SSSR count). The average molecular weight is 308 g/mol. The second-order valence-electron chi connectivity index (χ2n) is 6.75. The maximum atomic E-state index is 11.7. The molecule has 0 aromatic heterocycles. The molecule has 1 N–H and O–H groups in total. The number of carbonyl (C=O) groups excluding carboxylic acids is 2. The van der Waals surface area contributed by atoms with E-state index < -0.39 is 5.60 Å². The number of nitrogens with one attached hydrogen (secondary N) is 1. The molecular formula is C17H28N2O3. The maximum Gasteiger partial charge on any atom is 0.407 e. The molecule has 0 aromatic rings. The van der Waals surface area contributed by atoms with Gasteiger partial charge in [-0.3, -0.25) is 4.79 Å². The summed E-state index contributed by atoms with van der Waals surface area (Å²) < 4.78 is 5.16. The molecule has 124 valence electrons. The van der Waals surface area contributed by atoms with E-state index in [9.17, 15) is 9.59 Å². The van der Waals surface area contributed by atoms with Crippen LogP contribution in [0.3, 0.4) is 0 Å². The molecule has 0 bridgehead atoms. The maximum absolute atomic E-state index is 11.7. The molecule has 0 radical (unpaired) electrons. The van der Waals surface area contributed by atoms with Gasteiger partial charge in [0.1, 0.15) is 5.60 Å². The minimum Gasteiger partial charge on any atom is -0.444 e. The third-order valence-corrected chi connectivity index (χ3v) is 3.47. The summed E-state index contributed by atoms with van der Waals surface area (Å²) in [6, 6.07) is 0. The molecule has 1 unspecified atom stereocenters. The Morgan fingerprint density at radius 1 is 1.36 bits per heavy atom. The summed E-state index contributed by atoms with van der Waals surface area (Å²) in [5.41, 5.74) is -0.456. The largest absolute Gasteiger partial charge is 0.444 e. The predicted octanol–water partition coefficient (Wildman–Crippen LogP) is 2.55. The van der Waals surface area contributed by atoms with Crippen molar-refractivity contribution in [2.24, 2.45) is 5.92 Å². The van der Waals surface area contributed by atoms with Crippen LogP contribution in [0, 0.1) is 18.3 Å². The van der Waals surface area contributed by atoms with E-state index in [2.05, 4.69) is 11.2 Å². The van der Waals surface area contributed by atoms with Gasteiger partial charge in [-0.05, 0) is 33.6 Å². The topological polar surface area (TPSA) is 58.6 Å². The lowest BCUT2D eigenvalue weighted by Crippen LogP contribution is -2.33. The first kappa shape index (κ1) is 18.3. The molecular weight excluding hydrogens is 280 g/mol. The normalized spacial score (nSPS) is 18.2. The second kappa shape index (κ2) is 8.67. The van der Waals surface area contributed by atoms with Crippen LogP contribution in [0.15, 0.2) is 0 Å². The van der Waals surface area contributed by atoms with Crippen molar-refractivity contribution in [1.29, 1.82) is 0 Å². The summed E-state index contributed by atoms with van der Waals surface area (Å²) in [6.45, 7) is 7.65. The number of rotatable bonds is 7. The number of terminal acetylenes is 1. The van der Waals surface area contributed by atoms with Crippen LogP contribution in [0.5, 0.6) is 0 Å². The van der Waals surface area contributed by atoms with Gasteiger partial charge in [0, 0.05) is 32.0 Å². The van der Waals surface area contributed by atoms with E-state index in [1.165, 1.54) is 0 Å². The first-order chi connectivity index (χ1) is 10.3. The SMILES string of the molecule is C#CC1CC(=O)N(CCCCCCNC(=O)OC(C)(C)C)C1. The molecule has 0 saturated carbocycles. The predicted molar refractivity (Wildman–Crippen MR) is 86.2 cm³/mol. The Morgan fingerprint density at radius 2 is 2.05 bits per heavy atom. The minimum atomic E-state index is -0.456. The van der Waals surface area contributed by atoms with Gasteiger partial charge in [-0.15, -0.1) is 12.3 Å². The third-order valence-electron chi connectivity index (χ3n) is 3.47. The number of alkyl carbamates (subject to hydrolysis) is 1. The van der Waals surface area contributed by atoms with Gasteiger partial charge in [0.15, 0.2) is 0 Å². The van der Waals surface area contributed by atoms with E-state index in [4.69, 9.17) is 11.2 Å². The van der Waals surface area contributed by atoms with Crippen LogP contribution in [-0.2, 0) is 9.53 Å². The number of hydrogen-bond acceptors (Lipinski definition) is 3. The molecule has 0 aliphatic carbocycles. The Labute approximate surface area is 133 Å². The van der Waals surface area contributed by atoms with Gasteiger partial charge in [0.25, 0.3) is 0 Å². The van der Waals surface area contributed by atoms with E-state index in [1.807, 2.05) is 25.7 Å². The van der Waals surface area contributed by atoms with Crippen molar-refractivity contribution in [2.45, 2.75) is 58.5 Å². The average Bonchev–Trinajstić information content (AvgIpc) is 2.76. The summed E-state index contributed by atoms with van der Waals surface area (Å²) in [7, 11) is 0. The van der Waals surface area contributed by atoms with Crippen molar-refractivity contribution in [3.05, 3.63) is 0 Å². The van der Waals surface area contributed by atoms with Gasteiger partial charge in [-0.2, -0.15) is 0 Å². The number of ether oxygens (including phenoxy) is 1. The summed E-state index contributed by atoms with van der Waals surface area (Å²) in [6.07, 6.45) is 9.45. The van der Waals surface area contributed by atoms with Crippen molar-refractivity contribution in [2.75, 3.05) is 19.6 Å². The number of likely N-dealkylation sites (tertiary alicyclic amines) is 1. The molecule has 1 saturated heterocycles. The summed E-state index contributed by atoms with van der Waals surface area (Å²) >= 11 is 0. The van der Waals surface area contributed by atoms with E-state index >= 15 is 0 Å². The molecule has 22 heavy (non-hydrogen) atoms. The molecule has 2 amide bonds. The van der Waals surface area contributed by atoms with Crippen molar-refractivity contribution in [3.8, 4) is 12.3 Å². The van der Waals surface area contributed by atoms with Crippen LogP contribution in [0.25, 0.3) is 0 Å². The Kier molecular flexibility index (Phi) is 7.23. The highest BCUT2D eigenvalue weighted by molar-refractivity contribution is 5.79. The van der Waals surface area contributed by atoms with Gasteiger partial charge >= 0.3 is 6.09 Å². The Balaban J connectivity index is 1.99. The van der Waals surface area contributed by atoms with Crippen LogP contribution in [0.1, 0.15) is 52.9 Å². The van der Waals surface area contributed by atoms with Crippen molar-refractivity contribution >= 4 is 12.0 Å². The fourth-order valence-electron chi connectivity index (χ4n) is 2.39. The van der Waals surface area contributed by atoms with Crippen LogP contribution < -0.4 is 5.32 Å². The first-order valence-corrected chi connectivity index (χ1v) is 8.02. The van der Waals surface area contributed by atoms with Gasteiger partial charge in [-0.1, -0.05) is 12.8 Å². The van der Waals surface area contributed by atoms with Gasteiger partial charge in [0.2, 0.25) is 5.91 Å². The molecule has 5 nitrogen and oxygen atoms in total. The monoisotopic (exact) mass is 308 g/mol. The fourth-order valence-corrected chi connectivity index (χ4v) is 2.39. The van der Waals surface area contributed by atoms with Crippen LogP contribution in [0.2, 0.25) is 0 Å². The Hall–Kier alpha value is -1.70. The molecule has 1 aliphatic rings. The van der Waals surface area contributed by atoms with Gasteiger partial charge < -0.3 is 15.0 Å². The summed E-state index contributed by atoms with van der Waals surface area (Å²) in [5, 5.41) is 2.74. The Morgan fingerprint density at radius 3 is 2.64 bits per heavy atom. The van der Waals surface area contributed by atoms with E-state index in [0.717, 1.165) is 32.2 Å². The van der Waals surface area contributed by atoms with Crippen molar-refractivity contribution in [3.63, 3.8) is 0 Å². The lowest BCUT2D eigenvalue weighted by Gasteiger charge is -2.19. The lowest BCUT2D eigenvalue weighted by molar-refractivity contribution is -0.127. The highest BCUT2D eigenvalue weighted by Gasteiger charge is 2.27. The molecule has 1 heterocycles. The standard InChI is InChI=1S/C17H28N2O3/c1-5-14-12-15(20)19(13-14)11-9-7-6-8-10-18-16(21)22-17(2,3)4/h1,14H,6-13H2,2-4H3,(H,18,21). The first-order valence-electron chi connectivity index (χ1n) is 8.02. The zero-order valence-electron chi connectivity index (χ0n) is 14.0. The third kappa shape index (κ3) is 7.35. The molecule has 1 fully saturated rings. The smallest absolute Gasteiger partial charge is 0.407 e. The van der Waals surface area contributed by atoms with Gasteiger partial charge in [-0.25, -0.2) is 4.79 Å².